The van der Waals surface area contributed by atoms with Gasteiger partial charge < -0.3 is 0 Å². The van der Waals surface area contributed by atoms with Gasteiger partial charge in [-0.3, -0.25) is 9.59 Å². The number of carbonyl (C=O) groups excluding carboxylic acids is 2. The van der Waals surface area contributed by atoms with Gasteiger partial charge in [0, 0.05) is 17.0 Å². The lowest BCUT2D eigenvalue weighted by atomic mass is 9.81. The summed E-state index contributed by atoms with van der Waals surface area (Å²) in [6.45, 7) is 0. The van der Waals surface area contributed by atoms with Crippen molar-refractivity contribution in [3.05, 3.63) is 143 Å². The van der Waals surface area contributed by atoms with Crippen molar-refractivity contribution < 1.29 is 9.59 Å². The molecule has 4 aromatic rings. The minimum atomic E-state index is -0.488. The second kappa shape index (κ2) is 8.49. The van der Waals surface area contributed by atoms with E-state index in [0.29, 0.717) is 11.1 Å². The van der Waals surface area contributed by atoms with Gasteiger partial charge in [-0.1, -0.05) is 115 Å². The monoisotopic (exact) mass is 376 g/mol. The summed E-state index contributed by atoms with van der Waals surface area (Å²) in [7, 11) is 0. The third kappa shape index (κ3) is 3.92. The van der Waals surface area contributed by atoms with Crippen LogP contribution in [0.15, 0.2) is 115 Å². The second-order valence-corrected chi connectivity index (χ2v) is 6.87. The molecule has 0 aliphatic rings. The highest BCUT2D eigenvalue weighted by atomic mass is 16.2. The average molecular weight is 376 g/mol. The molecule has 0 heterocycles. The van der Waals surface area contributed by atoms with Gasteiger partial charge in [-0.15, -0.1) is 0 Å². The maximum atomic E-state index is 13.2. The largest absolute Gasteiger partial charge is 0.285 e. The summed E-state index contributed by atoms with van der Waals surface area (Å²) in [6, 6.07) is 36.2. The van der Waals surface area contributed by atoms with E-state index in [1.807, 2.05) is 60.7 Å². The van der Waals surface area contributed by atoms with Gasteiger partial charge >= 0.3 is 0 Å². The number of hydrogen-bond acceptors (Lipinski definition) is 2. The van der Waals surface area contributed by atoms with Crippen LogP contribution >= 0.6 is 0 Å². The summed E-state index contributed by atoms with van der Waals surface area (Å²) in [4.78, 5) is 26.0. The Morgan fingerprint density at radius 1 is 0.483 bits per heavy atom. The van der Waals surface area contributed by atoms with Crippen molar-refractivity contribution in [3.8, 4) is 0 Å². The van der Waals surface area contributed by atoms with E-state index < -0.39 is 11.6 Å². The van der Waals surface area contributed by atoms with Gasteiger partial charge in [-0.25, -0.2) is 0 Å². The van der Waals surface area contributed by atoms with Gasteiger partial charge in [0.15, 0.2) is 0 Å². The average Bonchev–Trinajstić information content (AvgIpc) is 2.81. The minimum Gasteiger partial charge on any atom is -0.285 e. The summed E-state index contributed by atoms with van der Waals surface area (Å²) in [6.07, 6.45) is 0. The van der Waals surface area contributed by atoms with Crippen LogP contribution in [0.1, 0.15) is 43.3 Å². The molecule has 0 N–H and O–H groups in total. The van der Waals surface area contributed by atoms with E-state index >= 15 is 0 Å². The molecule has 0 amide bonds. The number of rotatable bonds is 6. The third-order valence-electron chi connectivity index (χ3n) is 5.02. The van der Waals surface area contributed by atoms with Gasteiger partial charge in [-0.05, 0) is 16.7 Å². The number of hydrogen-bond donors (Lipinski definition) is 0. The minimum absolute atomic E-state index is 0.138. The fourth-order valence-electron chi connectivity index (χ4n) is 3.64. The van der Waals surface area contributed by atoms with Crippen molar-refractivity contribution in [1.82, 2.24) is 0 Å². The Labute approximate surface area is 170 Å². The highest BCUT2D eigenvalue weighted by molar-refractivity contribution is 6.49. The zero-order chi connectivity index (χ0) is 20.1. The molecule has 0 fully saturated rings. The Kier molecular flexibility index (Phi) is 5.44. The van der Waals surface area contributed by atoms with E-state index in [1.165, 1.54) is 0 Å². The first-order valence-electron chi connectivity index (χ1n) is 9.58. The van der Waals surface area contributed by atoms with Gasteiger partial charge in [0.05, 0.1) is 0 Å². The summed E-state index contributed by atoms with van der Waals surface area (Å²) in [5, 5.41) is 0. The highest BCUT2D eigenvalue weighted by Gasteiger charge is 2.26. The number of benzene rings is 4. The third-order valence-corrected chi connectivity index (χ3v) is 5.02. The summed E-state index contributed by atoms with van der Waals surface area (Å²) in [5.74, 6) is -1.11. The molecule has 0 aliphatic carbocycles. The molecule has 0 unspecified atom stereocenters. The maximum Gasteiger partial charge on any atom is 0.233 e. The predicted molar refractivity (Wildman–Crippen MR) is 115 cm³/mol. The molecule has 4 aromatic carbocycles. The van der Waals surface area contributed by atoms with Gasteiger partial charge in [0.1, 0.15) is 0 Å². The first kappa shape index (κ1) is 18.6. The molecule has 0 atom stereocenters. The molecule has 0 spiro atoms. The van der Waals surface area contributed by atoms with Crippen LogP contribution in [0, 0.1) is 0 Å². The molecule has 0 radical (unpaired) electrons. The first-order valence-corrected chi connectivity index (χ1v) is 9.58. The Morgan fingerprint density at radius 3 is 1.48 bits per heavy atom. The Hall–Kier alpha value is -3.78. The Bertz CT molecular complexity index is 1080. The van der Waals surface area contributed by atoms with E-state index in [2.05, 4.69) is 24.3 Å². The molecule has 2 nitrogen and oxygen atoms in total. The Morgan fingerprint density at radius 2 is 0.931 bits per heavy atom. The van der Waals surface area contributed by atoms with Gasteiger partial charge in [0.25, 0.3) is 0 Å². The fourth-order valence-corrected chi connectivity index (χ4v) is 3.64. The van der Waals surface area contributed by atoms with Crippen LogP contribution in [-0.4, -0.2) is 11.6 Å². The van der Waals surface area contributed by atoms with E-state index in [4.69, 9.17) is 0 Å². The smallest absolute Gasteiger partial charge is 0.233 e. The molecule has 140 valence electrons. The van der Waals surface area contributed by atoms with Crippen molar-refractivity contribution >= 4 is 11.6 Å². The van der Waals surface area contributed by atoms with E-state index in [-0.39, 0.29) is 5.92 Å². The second-order valence-electron chi connectivity index (χ2n) is 6.87. The van der Waals surface area contributed by atoms with Crippen LogP contribution in [0.3, 0.4) is 0 Å². The van der Waals surface area contributed by atoms with E-state index in [9.17, 15) is 9.59 Å². The molecule has 0 bridgehead atoms. The van der Waals surface area contributed by atoms with Crippen molar-refractivity contribution in [3.63, 3.8) is 0 Å². The quantitative estimate of drug-likeness (QED) is 0.237. The molecule has 0 aromatic heterocycles. The standard InChI is InChI=1S/C27H20O2/c28-26(22-16-8-3-9-17-22)27(29)24-19-11-10-18-23(24)25(20-12-4-1-5-13-20)21-14-6-2-7-15-21/h1-19,25H. The molecular formula is C27H20O2. The molecule has 2 heteroatoms. The lowest BCUT2D eigenvalue weighted by Crippen LogP contribution is -2.18. The first-order chi connectivity index (χ1) is 14.3. The van der Waals surface area contributed by atoms with E-state index in [0.717, 1.165) is 16.7 Å². The van der Waals surface area contributed by atoms with Crippen LogP contribution in [0.4, 0.5) is 0 Å². The summed E-state index contributed by atoms with van der Waals surface area (Å²) >= 11 is 0. The highest BCUT2D eigenvalue weighted by Crippen LogP contribution is 2.34. The van der Waals surface area contributed by atoms with Gasteiger partial charge in [-0.2, -0.15) is 0 Å². The molecular weight excluding hydrogens is 356 g/mol. The molecule has 0 saturated heterocycles. The zero-order valence-corrected chi connectivity index (χ0v) is 15.9. The number of carbonyl (C=O) groups is 2. The zero-order valence-electron chi connectivity index (χ0n) is 15.9. The van der Waals surface area contributed by atoms with Crippen molar-refractivity contribution in [2.75, 3.05) is 0 Å². The van der Waals surface area contributed by atoms with Crippen molar-refractivity contribution in [2.45, 2.75) is 5.92 Å². The SMILES string of the molecule is O=C(C(=O)c1ccccc1C(c1ccccc1)c1ccccc1)c1ccccc1. The summed E-state index contributed by atoms with van der Waals surface area (Å²) in [5.41, 5.74) is 3.83. The molecule has 0 saturated carbocycles. The number of Topliss-reactive ketones (excluding diaryl/α,β-unsaturated/α-hetero) is 2. The molecule has 29 heavy (non-hydrogen) atoms. The number of ketones is 2. The fraction of sp³-hybridized carbons (Fsp3) is 0.0370. The predicted octanol–water partition coefficient (Wildman–Crippen LogP) is 5.93. The molecule has 4 rings (SSSR count). The van der Waals surface area contributed by atoms with Crippen LogP contribution in [0.5, 0.6) is 0 Å². The normalized spacial score (nSPS) is 10.7. The van der Waals surface area contributed by atoms with Crippen LogP contribution in [0.2, 0.25) is 0 Å². The molecule has 0 aliphatic heterocycles. The topological polar surface area (TPSA) is 34.1 Å². The van der Waals surface area contributed by atoms with Crippen LogP contribution < -0.4 is 0 Å². The van der Waals surface area contributed by atoms with Crippen LogP contribution in [0.25, 0.3) is 0 Å². The van der Waals surface area contributed by atoms with Crippen molar-refractivity contribution in [1.29, 1.82) is 0 Å². The van der Waals surface area contributed by atoms with E-state index in [1.54, 1.807) is 30.3 Å². The van der Waals surface area contributed by atoms with Crippen LogP contribution in [-0.2, 0) is 0 Å². The maximum absolute atomic E-state index is 13.2. The Balaban J connectivity index is 1.83. The van der Waals surface area contributed by atoms with Crippen molar-refractivity contribution in [2.24, 2.45) is 0 Å². The summed E-state index contributed by atoms with van der Waals surface area (Å²) < 4.78 is 0. The lowest BCUT2D eigenvalue weighted by molar-refractivity contribution is 0.0816. The lowest BCUT2D eigenvalue weighted by Gasteiger charge is -2.21. The van der Waals surface area contributed by atoms with Gasteiger partial charge in [0.2, 0.25) is 11.6 Å².